The summed E-state index contributed by atoms with van der Waals surface area (Å²) in [4.78, 5) is 21.6. The van der Waals surface area contributed by atoms with Crippen molar-refractivity contribution < 1.29 is 5.11 Å². The molecule has 130 valence electrons. The zero-order valence-corrected chi connectivity index (χ0v) is 14.9. The van der Waals surface area contributed by atoms with E-state index in [-0.39, 0.29) is 10.8 Å². The van der Waals surface area contributed by atoms with E-state index in [0.29, 0.717) is 11.5 Å². The summed E-state index contributed by atoms with van der Waals surface area (Å²) < 4.78 is 1.46. The largest absolute Gasteiger partial charge is 0.493 e. The molecule has 1 fully saturated rings. The number of hydrogen-bond acceptors (Lipinski definition) is 6. The van der Waals surface area contributed by atoms with Gasteiger partial charge in [-0.15, -0.1) is 0 Å². The Balaban J connectivity index is 1.60. The molecule has 2 aromatic rings. The monoisotopic (exact) mass is 356 g/mol. The minimum atomic E-state index is -0.133. The maximum Gasteiger partial charge on any atom is 0.311 e. The molecule has 4 rings (SSSR count). The summed E-state index contributed by atoms with van der Waals surface area (Å²) in [5, 5.41) is 10.5. The van der Waals surface area contributed by atoms with Gasteiger partial charge in [0.1, 0.15) is 0 Å². The average molecular weight is 356 g/mol. The van der Waals surface area contributed by atoms with Gasteiger partial charge < -0.3 is 10.0 Å². The Morgan fingerprint density at radius 3 is 2.80 bits per heavy atom. The van der Waals surface area contributed by atoms with E-state index in [0.717, 1.165) is 54.3 Å². The summed E-state index contributed by atoms with van der Waals surface area (Å²) in [5.74, 6) is 0.0409. The van der Waals surface area contributed by atoms with Crippen molar-refractivity contribution in [3.8, 4) is 5.88 Å². The Labute approximate surface area is 150 Å². The van der Waals surface area contributed by atoms with Gasteiger partial charge in [-0.05, 0) is 19.2 Å². The zero-order valence-electron chi connectivity index (χ0n) is 14.1. The quantitative estimate of drug-likeness (QED) is 0.915. The highest BCUT2D eigenvalue weighted by molar-refractivity contribution is 7.10. The van der Waals surface area contributed by atoms with Gasteiger partial charge in [0.15, 0.2) is 0 Å². The number of hydrogen-bond donors (Lipinski definition) is 1. The highest BCUT2D eigenvalue weighted by Gasteiger charge is 2.20. The summed E-state index contributed by atoms with van der Waals surface area (Å²) in [6.07, 6.45) is 3.62. The van der Waals surface area contributed by atoms with Gasteiger partial charge in [-0.1, -0.05) is 29.5 Å². The lowest BCUT2D eigenvalue weighted by Gasteiger charge is -2.32. The molecule has 1 saturated heterocycles. The second kappa shape index (κ2) is 6.59. The van der Waals surface area contributed by atoms with E-state index in [1.807, 2.05) is 30.3 Å². The molecular formula is C18H20N4O2S. The number of benzene rings is 1. The molecule has 0 amide bonds. The number of piperazine rings is 1. The van der Waals surface area contributed by atoms with Crippen LogP contribution in [0.3, 0.4) is 0 Å². The molecule has 0 spiro atoms. The molecule has 0 saturated carbocycles. The minimum Gasteiger partial charge on any atom is -0.493 e. The van der Waals surface area contributed by atoms with Crippen LogP contribution in [0.5, 0.6) is 5.88 Å². The Morgan fingerprint density at radius 1 is 1.24 bits per heavy atom. The first-order valence-corrected chi connectivity index (χ1v) is 9.12. The van der Waals surface area contributed by atoms with Crippen LogP contribution in [0.1, 0.15) is 10.4 Å². The maximum atomic E-state index is 12.3. The molecule has 7 heteroatoms. The van der Waals surface area contributed by atoms with Crippen molar-refractivity contribution in [2.24, 2.45) is 4.99 Å². The molecule has 1 aromatic carbocycles. The third-order valence-electron chi connectivity index (χ3n) is 4.68. The Morgan fingerprint density at radius 2 is 2.00 bits per heavy atom. The normalized spacial score (nSPS) is 19.6. The number of fused-ring (bicyclic) bond motifs is 1. The molecule has 1 aromatic heterocycles. The van der Waals surface area contributed by atoms with Crippen molar-refractivity contribution in [2.45, 2.75) is 6.67 Å². The first-order valence-electron chi connectivity index (χ1n) is 8.30. The molecule has 2 aliphatic rings. The number of para-hydroxylation sites is 1. The summed E-state index contributed by atoms with van der Waals surface area (Å²) in [6, 6.07) is 7.85. The van der Waals surface area contributed by atoms with E-state index < -0.39 is 0 Å². The molecule has 0 atom stereocenters. The van der Waals surface area contributed by atoms with E-state index in [2.05, 4.69) is 21.8 Å². The molecule has 2 aliphatic heterocycles. The van der Waals surface area contributed by atoms with Crippen LogP contribution >= 0.6 is 11.3 Å². The maximum absolute atomic E-state index is 12.3. The van der Waals surface area contributed by atoms with Crippen LogP contribution in [-0.2, 0) is 6.67 Å². The number of aliphatic imine (C=N–C) groups is 1. The Kier molecular flexibility index (Phi) is 4.29. The molecule has 25 heavy (non-hydrogen) atoms. The van der Waals surface area contributed by atoms with Crippen LogP contribution in [0, 0.1) is 0 Å². The first-order chi connectivity index (χ1) is 12.1. The van der Waals surface area contributed by atoms with Gasteiger partial charge in [0.05, 0.1) is 17.2 Å². The first kappa shape index (κ1) is 16.3. The Bertz CT molecular complexity index is 904. The number of aromatic nitrogens is 1. The zero-order chi connectivity index (χ0) is 17.4. The fourth-order valence-corrected chi connectivity index (χ4v) is 3.95. The van der Waals surface area contributed by atoms with E-state index in [1.165, 1.54) is 4.57 Å². The molecule has 3 heterocycles. The van der Waals surface area contributed by atoms with Gasteiger partial charge in [-0.2, -0.15) is 0 Å². The van der Waals surface area contributed by atoms with Gasteiger partial charge >= 0.3 is 4.87 Å². The molecule has 0 aliphatic carbocycles. The molecule has 1 N–H and O–H groups in total. The predicted octanol–water partition coefficient (Wildman–Crippen LogP) is 2.08. The SMILES string of the molecule is CN1CCN(Cn2c(O)c(C=C3C=Nc4ccccc43)sc2=O)CC1. The van der Waals surface area contributed by atoms with Crippen LogP contribution in [-0.4, -0.2) is 58.9 Å². The summed E-state index contributed by atoms with van der Waals surface area (Å²) >= 11 is 1.07. The minimum absolute atomic E-state index is 0.0409. The van der Waals surface area contributed by atoms with Crippen molar-refractivity contribution in [3.05, 3.63) is 44.4 Å². The lowest BCUT2D eigenvalue weighted by molar-refractivity contribution is 0.120. The van der Waals surface area contributed by atoms with Gasteiger partial charge in [0, 0.05) is 43.5 Å². The van der Waals surface area contributed by atoms with Crippen LogP contribution in [0.2, 0.25) is 0 Å². The van der Waals surface area contributed by atoms with Crippen molar-refractivity contribution in [3.63, 3.8) is 0 Å². The molecule has 0 bridgehead atoms. The van der Waals surface area contributed by atoms with Gasteiger partial charge in [-0.3, -0.25) is 19.3 Å². The highest BCUT2D eigenvalue weighted by Crippen LogP contribution is 2.34. The smallest absolute Gasteiger partial charge is 0.311 e. The summed E-state index contributed by atoms with van der Waals surface area (Å²) in [5.41, 5.74) is 2.85. The summed E-state index contributed by atoms with van der Waals surface area (Å²) in [6.45, 7) is 4.18. The molecular weight excluding hydrogens is 336 g/mol. The van der Waals surface area contributed by atoms with Crippen LogP contribution < -0.4 is 4.87 Å². The molecule has 0 radical (unpaired) electrons. The van der Waals surface area contributed by atoms with Crippen LogP contribution in [0.4, 0.5) is 5.69 Å². The van der Waals surface area contributed by atoms with E-state index in [9.17, 15) is 9.90 Å². The topological polar surface area (TPSA) is 61.1 Å². The average Bonchev–Trinajstić information content (AvgIpc) is 3.14. The van der Waals surface area contributed by atoms with Crippen molar-refractivity contribution in [2.75, 3.05) is 33.2 Å². The molecule has 6 nitrogen and oxygen atoms in total. The number of rotatable bonds is 3. The lowest BCUT2D eigenvalue weighted by atomic mass is 10.1. The van der Waals surface area contributed by atoms with Crippen molar-refractivity contribution in [1.29, 1.82) is 0 Å². The third-order valence-corrected chi connectivity index (χ3v) is 5.59. The van der Waals surface area contributed by atoms with Crippen molar-refractivity contribution >= 4 is 34.9 Å². The van der Waals surface area contributed by atoms with Gasteiger partial charge in [-0.25, -0.2) is 0 Å². The second-order valence-corrected chi connectivity index (χ2v) is 7.41. The number of nitrogens with zero attached hydrogens (tertiary/aromatic N) is 4. The van der Waals surface area contributed by atoms with E-state index in [4.69, 9.17) is 0 Å². The van der Waals surface area contributed by atoms with E-state index in [1.54, 1.807) is 6.21 Å². The third kappa shape index (κ3) is 3.18. The number of thiazole rings is 1. The predicted molar refractivity (Wildman–Crippen MR) is 102 cm³/mol. The number of likely N-dealkylation sites (N-methyl/N-ethyl adjacent to an activating group) is 1. The molecule has 0 unspecified atom stereocenters. The fourth-order valence-electron chi connectivity index (χ4n) is 3.12. The summed E-state index contributed by atoms with van der Waals surface area (Å²) in [7, 11) is 2.09. The van der Waals surface area contributed by atoms with Gasteiger partial charge in [0.25, 0.3) is 0 Å². The standard InChI is InChI=1S/C18H20N4O2S/c1-20-6-8-21(9-7-20)12-22-17(23)16(25-18(22)24)10-13-11-19-15-5-3-2-4-14(13)15/h2-5,10-11,23H,6-9,12H2,1H3. The van der Waals surface area contributed by atoms with Crippen molar-refractivity contribution in [1.82, 2.24) is 14.4 Å². The number of aromatic hydroxyl groups is 1. The van der Waals surface area contributed by atoms with E-state index >= 15 is 0 Å². The van der Waals surface area contributed by atoms with Crippen LogP contribution in [0.15, 0.2) is 34.1 Å². The second-order valence-electron chi connectivity index (χ2n) is 6.42. The Hall–Kier alpha value is -2.22. The highest BCUT2D eigenvalue weighted by atomic mass is 32.1. The van der Waals surface area contributed by atoms with Crippen LogP contribution in [0.25, 0.3) is 11.6 Å². The van der Waals surface area contributed by atoms with Gasteiger partial charge in [0.2, 0.25) is 5.88 Å². The fraction of sp³-hybridized carbons (Fsp3) is 0.333. The lowest BCUT2D eigenvalue weighted by Crippen LogP contribution is -2.45. The number of allylic oxidation sites excluding steroid dienone is 1.